The lowest BCUT2D eigenvalue weighted by atomic mass is 9.99. The second-order valence-corrected chi connectivity index (χ2v) is 8.75. The van der Waals surface area contributed by atoms with Gasteiger partial charge in [0.2, 0.25) is 5.91 Å². The van der Waals surface area contributed by atoms with Crippen molar-refractivity contribution in [3.8, 4) is 0 Å². The SMILES string of the molecule is C[C@@H]1CN(CC(=O)NC2(C)CCS(=O)(=O)C2)C[C@H]1C(=O)O. The van der Waals surface area contributed by atoms with E-state index in [0.717, 1.165) is 0 Å². The molecule has 0 aromatic carbocycles. The molecule has 2 fully saturated rings. The van der Waals surface area contributed by atoms with E-state index >= 15 is 0 Å². The molecule has 2 aliphatic heterocycles. The van der Waals surface area contributed by atoms with Gasteiger partial charge in [-0.05, 0) is 19.3 Å². The van der Waals surface area contributed by atoms with Crippen molar-refractivity contribution in [1.29, 1.82) is 0 Å². The molecule has 120 valence electrons. The van der Waals surface area contributed by atoms with Crippen molar-refractivity contribution in [2.24, 2.45) is 11.8 Å². The summed E-state index contributed by atoms with van der Waals surface area (Å²) in [6.45, 7) is 4.64. The Balaban J connectivity index is 1.87. The van der Waals surface area contributed by atoms with E-state index in [1.165, 1.54) is 0 Å². The highest BCUT2D eigenvalue weighted by Crippen LogP contribution is 2.24. The Hall–Kier alpha value is -1.15. The van der Waals surface area contributed by atoms with E-state index in [4.69, 9.17) is 5.11 Å². The molecule has 0 radical (unpaired) electrons. The third kappa shape index (κ3) is 3.94. The van der Waals surface area contributed by atoms with Crippen LogP contribution in [0.4, 0.5) is 0 Å². The number of aliphatic carboxylic acids is 1. The summed E-state index contributed by atoms with van der Waals surface area (Å²) in [7, 11) is -3.06. The van der Waals surface area contributed by atoms with Crippen LogP contribution in [-0.4, -0.2) is 67.0 Å². The van der Waals surface area contributed by atoms with Crippen LogP contribution in [0.2, 0.25) is 0 Å². The van der Waals surface area contributed by atoms with Crippen LogP contribution in [0.25, 0.3) is 0 Å². The quantitative estimate of drug-likeness (QED) is 0.713. The summed E-state index contributed by atoms with van der Waals surface area (Å²) in [5, 5.41) is 11.9. The topological polar surface area (TPSA) is 104 Å². The number of amides is 1. The molecule has 7 nitrogen and oxygen atoms in total. The number of hydrogen-bond acceptors (Lipinski definition) is 5. The Morgan fingerprint density at radius 3 is 2.52 bits per heavy atom. The average molecular weight is 318 g/mol. The molecule has 0 spiro atoms. The lowest BCUT2D eigenvalue weighted by molar-refractivity contribution is -0.142. The van der Waals surface area contributed by atoms with Gasteiger partial charge >= 0.3 is 5.97 Å². The van der Waals surface area contributed by atoms with Gasteiger partial charge in [-0.3, -0.25) is 14.5 Å². The third-order valence-corrected chi connectivity index (χ3v) is 6.22. The first-order valence-corrected chi connectivity index (χ1v) is 8.89. The molecule has 2 heterocycles. The lowest BCUT2D eigenvalue weighted by Crippen LogP contribution is -2.50. The van der Waals surface area contributed by atoms with Gasteiger partial charge in [-0.2, -0.15) is 0 Å². The minimum Gasteiger partial charge on any atom is -0.481 e. The van der Waals surface area contributed by atoms with Gasteiger partial charge in [0.05, 0.1) is 29.5 Å². The summed E-state index contributed by atoms with van der Waals surface area (Å²) in [5.41, 5.74) is -0.701. The standard InChI is InChI=1S/C13H22N2O5S/c1-9-5-15(6-10(9)12(17)18)7-11(16)14-13(2)3-4-21(19,20)8-13/h9-10H,3-8H2,1-2H3,(H,14,16)(H,17,18)/t9-,10-,13?/m1/s1. The smallest absolute Gasteiger partial charge is 0.308 e. The van der Waals surface area contributed by atoms with Crippen molar-refractivity contribution in [3.63, 3.8) is 0 Å². The van der Waals surface area contributed by atoms with E-state index in [-0.39, 0.29) is 29.9 Å². The highest BCUT2D eigenvalue weighted by atomic mass is 32.2. The molecular formula is C13H22N2O5S. The Morgan fingerprint density at radius 1 is 1.38 bits per heavy atom. The summed E-state index contributed by atoms with van der Waals surface area (Å²) < 4.78 is 23.0. The van der Waals surface area contributed by atoms with Crippen LogP contribution in [0.1, 0.15) is 20.3 Å². The number of likely N-dealkylation sites (tertiary alicyclic amines) is 1. The first kappa shape index (κ1) is 16.2. The van der Waals surface area contributed by atoms with Crippen molar-refractivity contribution in [3.05, 3.63) is 0 Å². The Kier molecular flexibility index (Phi) is 4.30. The maximum atomic E-state index is 12.1. The Labute approximate surface area is 124 Å². The molecule has 1 amide bonds. The van der Waals surface area contributed by atoms with Crippen LogP contribution in [-0.2, 0) is 19.4 Å². The summed E-state index contributed by atoms with van der Waals surface area (Å²) in [4.78, 5) is 24.9. The zero-order valence-corrected chi connectivity index (χ0v) is 13.1. The monoisotopic (exact) mass is 318 g/mol. The molecule has 2 saturated heterocycles. The summed E-state index contributed by atoms with van der Waals surface area (Å²) >= 11 is 0. The fraction of sp³-hybridized carbons (Fsp3) is 0.846. The maximum Gasteiger partial charge on any atom is 0.308 e. The Bertz CT molecular complexity index is 547. The number of carboxylic acid groups (broad SMARTS) is 1. The van der Waals surface area contributed by atoms with Gasteiger partial charge in [0.1, 0.15) is 0 Å². The highest BCUT2D eigenvalue weighted by molar-refractivity contribution is 7.91. The summed E-state index contributed by atoms with van der Waals surface area (Å²) in [5.74, 6) is -1.43. The number of sulfone groups is 1. The van der Waals surface area contributed by atoms with Gasteiger partial charge < -0.3 is 10.4 Å². The maximum absolute atomic E-state index is 12.1. The van der Waals surface area contributed by atoms with Gasteiger partial charge in [-0.1, -0.05) is 6.92 Å². The van der Waals surface area contributed by atoms with Crippen LogP contribution in [0.3, 0.4) is 0 Å². The van der Waals surface area contributed by atoms with Crippen molar-refractivity contribution in [1.82, 2.24) is 10.2 Å². The van der Waals surface area contributed by atoms with E-state index in [1.807, 2.05) is 11.8 Å². The molecule has 0 aliphatic carbocycles. The molecule has 0 bridgehead atoms. The molecule has 8 heteroatoms. The van der Waals surface area contributed by atoms with Crippen LogP contribution in [0.5, 0.6) is 0 Å². The molecule has 2 N–H and O–H groups in total. The Morgan fingerprint density at radius 2 is 2.05 bits per heavy atom. The first-order valence-electron chi connectivity index (χ1n) is 7.07. The van der Waals surface area contributed by atoms with E-state index in [9.17, 15) is 18.0 Å². The van der Waals surface area contributed by atoms with Crippen molar-refractivity contribution in [2.45, 2.75) is 25.8 Å². The van der Waals surface area contributed by atoms with Gasteiger partial charge in [-0.25, -0.2) is 8.42 Å². The highest BCUT2D eigenvalue weighted by Gasteiger charge is 2.40. The zero-order valence-electron chi connectivity index (χ0n) is 12.3. The van der Waals surface area contributed by atoms with Crippen LogP contribution in [0.15, 0.2) is 0 Å². The number of hydrogen-bond donors (Lipinski definition) is 2. The first-order chi connectivity index (χ1) is 9.60. The van der Waals surface area contributed by atoms with Crippen LogP contribution in [0, 0.1) is 11.8 Å². The van der Waals surface area contributed by atoms with Gasteiger partial charge in [-0.15, -0.1) is 0 Å². The van der Waals surface area contributed by atoms with E-state index in [2.05, 4.69) is 5.32 Å². The fourth-order valence-electron chi connectivity index (χ4n) is 3.21. The molecule has 0 aromatic rings. The molecule has 0 saturated carbocycles. The second kappa shape index (κ2) is 5.57. The zero-order chi connectivity index (χ0) is 15.8. The molecular weight excluding hydrogens is 296 g/mol. The predicted molar refractivity (Wildman–Crippen MR) is 76.5 cm³/mol. The van der Waals surface area contributed by atoms with E-state index in [1.54, 1.807) is 6.92 Å². The number of nitrogens with one attached hydrogen (secondary N) is 1. The normalized spacial score (nSPS) is 35.7. The molecule has 2 rings (SSSR count). The molecule has 0 aromatic heterocycles. The minimum atomic E-state index is -3.06. The largest absolute Gasteiger partial charge is 0.481 e. The number of carbonyl (C=O) groups excluding carboxylic acids is 1. The van der Waals surface area contributed by atoms with E-state index in [0.29, 0.717) is 19.5 Å². The van der Waals surface area contributed by atoms with E-state index < -0.39 is 27.3 Å². The van der Waals surface area contributed by atoms with Gasteiger partial charge in [0.25, 0.3) is 0 Å². The molecule has 21 heavy (non-hydrogen) atoms. The van der Waals surface area contributed by atoms with Crippen molar-refractivity contribution < 1.29 is 23.1 Å². The number of carbonyl (C=O) groups is 2. The summed E-state index contributed by atoms with van der Waals surface area (Å²) in [6.07, 6.45) is 0.426. The molecule has 2 aliphatic rings. The second-order valence-electron chi connectivity index (χ2n) is 6.57. The minimum absolute atomic E-state index is 0.0118. The van der Waals surface area contributed by atoms with Gasteiger partial charge in [0, 0.05) is 13.1 Å². The van der Waals surface area contributed by atoms with Gasteiger partial charge in [0.15, 0.2) is 9.84 Å². The van der Waals surface area contributed by atoms with Crippen molar-refractivity contribution >= 4 is 21.7 Å². The third-order valence-electron chi connectivity index (χ3n) is 4.32. The number of nitrogens with zero attached hydrogens (tertiary/aromatic N) is 1. The van der Waals surface area contributed by atoms with Crippen LogP contribution < -0.4 is 5.32 Å². The fourth-order valence-corrected chi connectivity index (χ4v) is 5.30. The van der Waals surface area contributed by atoms with Crippen LogP contribution >= 0.6 is 0 Å². The summed E-state index contributed by atoms with van der Waals surface area (Å²) in [6, 6.07) is 0. The molecule has 3 atom stereocenters. The van der Waals surface area contributed by atoms with Crippen molar-refractivity contribution in [2.75, 3.05) is 31.1 Å². The average Bonchev–Trinajstić information content (AvgIpc) is 2.79. The number of rotatable bonds is 4. The number of carboxylic acids is 1. The lowest BCUT2D eigenvalue weighted by Gasteiger charge is -2.25. The molecule has 1 unspecified atom stereocenters. The predicted octanol–water partition coefficient (Wildman–Crippen LogP) is -0.668.